The van der Waals surface area contributed by atoms with Crippen molar-refractivity contribution in [3.63, 3.8) is 0 Å². The van der Waals surface area contributed by atoms with Crippen LogP contribution in [0.5, 0.6) is 0 Å². The van der Waals surface area contributed by atoms with Crippen LogP contribution in [0.4, 0.5) is 17.2 Å². The number of para-hydroxylation sites is 1. The Morgan fingerprint density at radius 3 is 2.76 bits per heavy atom. The van der Waals surface area contributed by atoms with Crippen LogP contribution in [0.3, 0.4) is 0 Å². The van der Waals surface area contributed by atoms with E-state index in [1.54, 1.807) is 0 Å². The molecule has 0 aliphatic rings. The maximum atomic E-state index is 10.6. The molecule has 0 aliphatic carbocycles. The third kappa shape index (κ3) is 2.48. The van der Waals surface area contributed by atoms with Crippen LogP contribution in [0.25, 0.3) is 0 Å². The fourth-order valence-electron chi connectivity index (χ4n) is 1.49. The lowest BCUT2D eigenvalue weighted by Crippen LogP contribution is -2.07. The van der Waals surface area contributed by atoms with Gasteiger partial charge in [0.05, 0.1) is 19.3 Å². The van der Waals surface area contributed by atoms with Crippen LogP contribution in [-0.2, 0) is 6.54 Å². The Labute approximate surface area is 97.9 Å². The Balaban J connectivity index is 2.29. The van der Waals surface area contributed by atoms with Gasteiger partial charge < -0.3 is 10.4 Å². The van der Waals surface area contributed by atoms with Crippen molar-refractivity contribution < 1.29 is 5.11 Å². The first-order chi connectivity index (χ1) is 8.35. The lowest BCUT2D eigenvalue weighted by Gasteiger charge is -2.08. The van der Waals surface area contributed by atoms with Gasteiger partial charge in [0, 0.05) is 5.69 Å². The maximum Gasteiger partial charge on any atom is 0.170 e. The minimum atomic E-state index is -0.0521. The molecule has 6 heteroatoms. The maximum absolute atomic E-state index is 10.6. The molecule has 0 saturated heterocycles. The third-order valence-corrected chi connectivity index (χ3v) is 2.27. The van der Waals surface area contributed by atoms with Crippen molar-refractivity contribution in [2.24, 2.45) is 5.18 Å². The number of nitroso groups, excluding NO2 is 1. The molecule has 0 unspecified atom stereocenters. The zero-order valence-electron chi connectivity index (χ0n) is 9.08. The number of benzene rings is 1. The van der Waals surface area contributed by atoms with Crippen LogP contribution < -0.4 is 5.32 Å². The van der Waals surface area contributed by atoms with Crippen LogP contribution in [0, 0.1) is 4.91 Å². The standard InChI is InChI=1S/C11H12N4O2/c16-7-6-15-11(10(14-17)8-12-15)13-9-4-2-1-3-5-9/h1-5,8,13,16H,6-7H2. The molecule has 0 atom stereocenters. The van der Waals surface area contributed by atoms with Gasteiger partial charge in [-0.15, -0.1) is 4.91 Å². The molecule has 2 rings (SSSR count). The SMILES string of the molecule is O=Nc1cnn(CCO)c1Nc1ccccc1. The predicted molar refractivity (Wildman–Crippen MR) is 64.5 cm³/mol. The van der Waals surface area contributed by atoms with Gasteiger partial charge in [0.15, 0.2) is 11.5 Å². The number of hydrogen-bond donors (Lipinski definition) is 2. The molecule has 1 aromatic heterocycles. The van der Waals surface area contributed by atoms with E-state index in [4.69, 9.17) is 5.11 Å². The molecule has 0 radical (unpaired) electrons. The van der Waals surface area contributed by atoms with Gasteiger partial charge in [-0.2, -0.15) is 5.10 Å². The summed E-state index contributed by atoms with van der Waals surface area (Å²) in [5, 5.41) is 18.8. The van der Waals surface area contributed by atoms with Crippen LogP contribution in [0.2, 0.25) is 0 Å². The summed E-state index contributed by atoms with van der Waals surface area (Å²) in [6, 6.07) is 9.39. The summed E-state index contributed by atoms with van der Waals surface area (Å²) in [6.45, 7) is 0.258. The minimum absolute atomic E-state index is 0.0521. The van der Waals surface area contributed by atoms with E-state index in [0.717, 1.165) is 5.69 Å². The lowest BCUT2D eigenvalue weighted by atomic mass is 10.3. The highest BCUT2D eigenvalue weighted by Crippen LogP contribution is 2.27. The molecule has 88 valence electrons. The highest BCUT2D eigenvalue weighted by molar-refractivity contribution is 5.67. The van der Waals surface area contributed by atoms with Crippen molar-refractivity contribution in [3.05, 3.63) is 41.4 Å². The lowest BCUT2D eigenvalue weighted by molar-refractivity contribution is 0.270. The molecule has 2 N–H and O–H groups in total. The number of anilines is 2. The smallest absolute Gasteiger partial charge is 0.170 e. The first kappa shape index (κ1) is 11.3. The number of aliphatic hydroxyl groups excluding tert-OH is 1. The van der Waals surface area contributed by atoms with Gasteiger partial charge >= 0.3 is 0 Å². The van der Waals surface area contributed by atoms with Crippen molar-refractivity contribution in [1.82, 2.24) is 9.78 Å². The van der Waals surface area contributed by atoms with Crippen molar-refractivity contribution in [2.75, 3.05) is 11.9 Å². The van der Waals surface area contributed by atoms with Crippen molar-refractivity contribution in [3.8, 4) is 0 Å². The molecule has 2 aromatic rings. The van der Waals surface area contributed by atoms with Crippen LogP contribution >= 0.6 is 0 Å². The third-order valence-electron chi connectivity index (χ3n) is 2.27. The van der Waals surface area contributed by atoms with E-state index in [9.17, 15) is 4.91 Å². The molecule has 1 heterocycles. The van der Waals surface area contributed by atoms with Crippen molar-refractivity contribution >= 4 is 17.2 Å². The molecule has 17 heavy (non-hydrogen) atoms. The zero-order valence-corrected chi connectivity index (χ0v) is 9.08. The minimum Gasteiger partial charge on any atom is -0.394 e. The monoisotopic (exact) mass is 232 g/mol. The highest BCUT2D eigenvalue weighted by Gasteiger charge is 2.11. The Bertz CT molecular complexity index is 495. The number of rotatable bonds is 5. The van der Waals surface area contributed by atoms with Crippen LogP contribution in [0.1, 0.15) is 0 Å². The second-order valence-electron chi connectivity index (χ2n) is 3.41. The first-order valence-electron chi connectivity index (χ1n) is 5.17. The van der Waals surface area contributed by atoms with Gasteiger partial charge in [0.2, 0.25) is 0 Å². The topological polar surface area (TPSA) is 79.5 Å². The number of nitrogens with zero attached hydrogens (tertiary/aromatic N) is 3. The summed E-state index contributed by atoms with van der Waals surface area (Å²) in [6.07, 6.45) is 1.37. The van der Waals surface area contributed by atoms with E-state index < -0.39 is 0 Å². The molecule has 6 nitrogen and oxygen atoms in total. The normalized spacial score (nSPS) is 10.2. The Morgan fingerprint density at radius 1 is 1.35 bits per heavy atom. The number of hydrogen-bond acceptors (Lipinski definition) is 5. The Kier molecular flexibility index (Phi) is 3.46. The summed E-state index contributed by atoms with van der Waals surface area (Å²) < 4.78 is 1.50. The fourth-order valence-corrected chi connectivity index (χ4v) is 1.49. The largest absolute Gasteiger partial charge is 0.394 e. The van der Waals surface area contributed by atoms with Crippen molar-refractivity contribution in [2.45, 2.75) is 6.54 Å². The molecule has 0 amide bonds. The van der Waals surface area contributed by atoms with E-state index in [1.807, 2.05) is 30.3 Å². The highest BCUT2D eigenvalue weighted by atomic mass is 16.3. The summed E-state index contributed by atoms with van der Waals surface area (Å²) >= 11 is 0. The van der Waals surface area contributed by atoms with Crippen LogP contribution in [0.15, 0.2) is 41.7 Å². The second-order valence-corrected chi connectivity index (χ2v) is 3.41. The van der Waals surface area contributed by atoms with E-state index in [2.05, 4.69) is 15.6 Å². The number of nitrogens with one attached hydrogen (secondary N) is 1. The molecular weight excluding hydrogens is 220 g/mol. The van der Waals surface area contributed by atoms with Gasteiger partial charge in [-0.3, -0.25) is 0 Å². The molecular formula is C11H12N4O2. The van der Waals surface area contributed by atoms with E-state index >= 15 is 0 Å². The molecule has 0 aliphatic heterocycles. The quantitative estimate of drug-likeness (QED) is 0.773. The Morgan fingerprint density at radius 2 is 2.12 bits per heavy atom. The first-order valence-corrected chi connectivity index (χ1v) is 5.17. The van der Waals surface area contributed by atoms with E-state index in [-0.39, 0.29) is 12.3 Å². The number of aliphatic hydroxyl groups is 1. The second kappa shape index (κ2) is 5.22. The summed E-state index contributed by atoms with van der Waals surface area (Å²) in [4.78, 5) is 10.6. The van der Waals surface area contributed by atoms with Gasteiger partial charge in [-0.1, -0.05) is 18.2 Å². The predicted octanol–water partition coefficient (Wildman–Crippen LogP) is 2.02. The van der Waals surface area contributed by atoms with Gasteiger partial charge in [0.25, 0.3) is 0 Å². The van der Waals surface area contributed by atoms with E-state index in [0.29, 0.717) is 12.4 Å². The fraction of sp³-hybridized carbons (Fsp3) is 0.182. The molecule has 0 bridgehead atoms. The summed E-state index contributed by atoms with van der Waals surface area (Å²) in [7, 11) is 0. The average molecular weight is 232 g/mol. The molecule has 0 fully saturated rings. The average Bonchev–Trinajstić information content (AvgIpc) is 2.74. The van der Waals surface area contributed by atoms with Gasteiger partial charge in [-0.05, 0) is 17.3 Å². The molecule has 1 aromatic carbocycles. The summed E-state index contributed by atoms with van der Waals surface area (Å²) in [5.41, 5.74) is 1.05. The number of aromatic nitrogens is 2. The summed E-state index contributed by atoms with van der Waals surface area (Å²) in [5.74, 6) is 0.486. The zero-order chi connectivity index (χ0) is 12.1. The Hall–Kier alpha value is -2.21. The van der Waals surface area contributed by atoms with Gasteiger partial charge in [-0.25, -0.2) is 4.68 Å². The van der Waals surface area contributed by atoms with Crippen LogP contribution in [-0.4, -0.2) is 21.5 Å². The molecule has 0 spiro atoms. The van der Waals surface area contributed by atoms with E-state index in [1.165, 1.54) is 10.9 Å². The van der Waals surface area contributed by atoms with Gasteiger partial charge in [0.1, 0.15) is 0 Å². The van der Waals surface area contributed by atoms with Crippen molar-refractivity contribution in [1.29, 1.82) is 0 Å². The molecule has 0 saturated carbocycles.